The molecule has 0 aliphatic carbocycles. The van der Waals surface area contributed by atoms with E-state index in [4.69, 9.17) is 10.5 Å². The van der Waals surface area contributed by atoms with E-state index in [-0.39, 0.29) is 13.1 Å². The Labute approximate surface area is 102 Å². The normalized spacial score (nSPS) is 26.5. The van der Waals surface area contributed by atoms with Gasteiger partial charge in [0.15, 0.2) is 0 Å². The van der Waals surface area contributed by atoms with Gasteiger partial charge in [0.2, 0.25) is 0 Å². The second-order valence-electron chi connectivity index (χ2n) is 5.71. The molecule has 5 heteroatoms. The summed E-state index contributed by atoms with van der Waals surface area (Å²) < 4.78 is 19.5. The van der Waals surface area contributed by atoms with E-state index in [1.54, 1.807) is 20.8 Å². The highest BCUT2D eigenvalue weighted by Crippen LogP contribution is 2.25. The van der Waals surface area contributed by atoms with Gasteiger partial charge in [0.1, 0.15) is 11.3 Å². The van der Waals surface area contributed by atoms with Crippen LogP contribution in [-0.4, -0.2) is 41.9 Å². The standard InChI is InChI=1S/C12H23FN2O2/c1-11(2,3)17-10(16)15-7-5-4-6-12(13,8-14)9-15/h4-9,14H2,1-3H3. The van der Waals surface area contributed by atoms with E-state index in [1.165, 1.54) is 4.90 Å². The summed E-state index contributed by atoms with van der Waals surface area (Å²) in [4.78, 5) is 13.3. The molecule has 100 valence electrons. The van der Waals surface area contributed by atoms with Crippen LogP contribution in [0.4, 0.5) is 9.18 Å². The average Bonchev–Trinajstić information content (AvgIpc) is 2.39. The van der Waals surface area contributed by atoms with Gasteiger partial charge in [-0.2, -0.15) is 0 Å². The van der Waals surface area contributed by atoms with E-state index >= 15 is 0 Å². The molecule has 1 unspecified atom stereocenters. The van der Waals surface area contributed by atoms with Crippen LogP contribution in [0.5, 0.6) is 0 Å². The van der Waals surface area contributed by atoms with Crippen molar-refractivity contribution >= 4 is 6.09 Å². The quantitative estimate of drug-likeness (QED) is 0.770. The first-order chi connectivity index (χ1) is 7.76. The van der Waals surface area contributed by atoms with E-state index in [0.29, 0.717) is 13.0 Å². The maximum atomic E-state index is 14.2. The lowest BCUT2D eigenvalue weighted by Gasteiger charge is -2.30. The molecule has 1 aliphatic heterocycles. The van der Waals surface area contributed by atoms with Crippen molar-refractivity contribution < 1.29 is 13.9 Å². The van der Waals surface area contributed by atoms with Crippen LogP contribution >= 0.6 is 0 Å². The van der Waals surface area contributed by atoms with Gasteiger partial charge in [-0.15, -0.1) is 0 Å². The molecule has 1 heterocycles. The minimum Gasteiger partial charge on any atom is -0.444 e. The lowest BCUT2D eigenvalue weighted by molar-refractivity contribution is 0.0141. The van der Waals surface area contributed by atoms with E-state index in [2.05, 4.69) is 0 Å². The number of ether oxygens (including phenoxy) is 1. The molecule has 2 N–H and O–H groups in total. The van der Waals surface area contributed by atoms with Crippen molar-refractivity contribution in [2.75, 3.05) is 19.6 Å². The third kappa shape index (κ3) is 4.50. The molecule has 17 heavy (non-hydrogen) atoms. The molecule has 0 spiro atoms. The highest BCUT2D eigenvalue weighted by molar-refractivity contribution is 5.68. The number of likely N-dealkylation sites (tertiary alicyclic amines) is 1. The van der Waals surface area contributed by atoms with Crippen LogP contribution in [0.3, 0.4) is 0 Å². The molecular weight excluding hydrogens is 223 g/mol. The smallest absolute Gasteiger partial charge is 0.410 e. The van der Waals surface area contributed by atoms with Crippen molar-refractivity contribution in [1.82, 2.24) is 4.90 Å². The second kappa shape index (κ2) is 5.21. The lowest BCUT2D eigenvalue weighted by Crippen LogP contribution is -2.47. The molecule has 0 aromatic rings. The van der Waals surface area contributed by atoms with Crippen molar-refractivity contribution in [3.63, 3.8) is 0 Å². The molecule has 0 radical (unpaired) electrons. The van der Waals surface area contributed by atoms with E-state index in [0.717, 1.165) is 12.8 Å². The number of amides is 1. The van der Waals surface area contributed by atoms with Crippen LogP contribution in [0.2, 0.25) is 0 Å². The zero-order valence-electron chi connectivity index (χ0n) is 11.0. The van der Waals surface area contributed by atoms with Crippen molar-refractivity contribution in [1.29, 1.82) is 0 Å². The molecule has 4 nitrogen and oxygen atoms in total. The van der Waals surface area contributed by atoms with Crippen LogP contribution < -0.4 is 5.73 Å². The van der Waals surface area contributed by atoms with Gasteiger partial charge in [-0.3, -0.25) is 0 Å². The first-order valence-corrected chi connectivity index (χ1v) is 6.13. The summed E-state index contributed by atoms with van der Waals surface area (Å²) in [6.07, 6.45) is 1.52. The molecule has 0 bridgehead atoms. The largest absolute Gasteiger partial charge is 0.444 e. The van der Waals surface area contributed by atoms with Crippen LogP contribution in [0.15, 0.2) is 0 Å². The average molecular weight is 246 g/mol. The van der Waals surface area contributed by atoms with E-state index in [9.17, 15) is 9.18 Å². The predicted octanol–water partition coefficient (Wildman–Crippen LogP) is 2.07. The number of hydrogen-bond acceptors (Lipinski definition) is 3. The van der Waals surface area contributed by atoms with Crippen molar-refractivity contribution in [2.45, 2.75) is 51.3 Å². The number of halogens is 1. The fraction of sp³-hybridized carbons (Fsp3) is 0.917. The Morgan fingerprint density at radius 1 is 1.47 bits per heavy atom. The maximum absolute atomic E-state index is 14.2. The summed E-state index contributed by atoms with van der Waals surface area (Å²) in [5, 5.41) is 0. The third-order valence-electron chi connectivity index (χ3n) is 2.79. The molecule has 0 aromatic carbocycles. The molecule has 1 atom stereocenters. The lowest BCUT2D eigenvalue weighted by atomic mass is 10.0. The molecule has 1 aliphatic rings. The summed E-state index contributed by atoms with van der Waals surface area (Å²) in [6.45, 7) is 5.93. The number of carbonyl (C=O) groups excluding carboxylic acids is 1. The van der Waals surface area contributed by atoms with Gasteiger partial charge in [-0.1, -0.05) is 0 Å². The molecule has 0 aromatic heterocycles. The fourth-order valence-corrected chi connectivity index (χ4v) is 1.89. The summed E-state index contributed by atoms with van der Waals surface area (Å²) in [5.74, 6) is 0. The zero-order chi connectivity index (χ0) is 13.1. The number of alkyl halides is 1. The Balaban J connectivity index is 2.66. The van der Waals surface area contributed by atoms with Gasteiger partial charge in [-0.25, -0.2) is 9.18 Å². The van der Waals surface area contributed by atoms with Gasteiger partial charge in [0.05, 0.1) is 6.54 Å². The molecule has 1 saturated heterocycles. The third-order valence-corrected chi connectivity index (χ3v) is 2.79. The van der Waals surface area contributed by atoms with Gasteiger partial charge in [-0.05, 0) is 40.0 Å². The number of nitrogens with two attached hydrogens (primary N) is 1. The summed E-state index contributed by atoms with van der Waals surface area (Å²) in [7, 11) is 0. The number of carbonyl (C=O) groups is 1. The van der Waals surface area contributed by atoms with Crippen molar-refractivity contribution in [3.05, 3.63) is 0 Å². The number of hydrogen-bond donors (Lipinski definition) is 1. The monoisotopic (exact) mass is 246 g/mol. The first-order valence-electron chi connectivity index (χ1n) is 6.13. The molecule has 1 fully saturated rings. The number of rotatable bonds is 1. The van der Waals surface area contributed by atoms with Crippen LogP contribution in [0.1, 0.15) is 40.0 Å². The van der Waals surface area contributed by atoms with Crippen molar-refractivity contribution in [3.8, 4) is 0 Å². The van der Waals surface area contributed by atoms with Crippen LogP contribution in [0, 0.1) is 0 Å². The summed E-state index contributed by atoms with van der Waals surface area (Å²) in [6, 6.07) is 0. The van der Waals surface area contributed by atoms with Gasteiger partial charge in [0.25, 0.3) is 0 Å². The second-order valence-corrected chi connectivity index (χ2v) is 5.71. The van der Waals surface area contributed by atoms with Gasteiger partial charge < -0.3 is 15.4 Å². The predicted molar refractivity (Wildman–Crippen MR) is 64.6 cm³/mol. The minimum atomic E-state index is -1.46. The van der Waals surface area contributed by atoms with Crippen LogP contribution in [0.25, 0.3) is 0 Å². The summed E-state index contributed by atoms with van der Waals surface area (Å²) in [5.41, 5.74) is 3.43. The highest BCUT2D eigenvalue weighted by atomic mass is 19.1. The Bertz CT molecular complexity index is 278. The first kappa shape index (κ1) is 14.2. The minimum absolute atomic E-state index is 0.0401. The highest BCUT2D eigenvalue weighted by Gasteiger charge is 2.35. The molecule has 0 saturated carbocycles. The topological polar surface area (TPSA) is 55.6 Å². The molecule has 1 rings (SSSR count). The van der Waals surface area contributed by atoms with E-state index in [1.807, 2.05) is 0 Å². The SMILES string of the molecule is CC(C)(C)OC(=O)N1CCCCC(F)(CN)C1. The van der Waals surface area contributed by atoms with Gasteiger partial charge in [0, 0.05) is 13.1 Å². The van der Waals surface area contributed by atoms with Crippen LogP contribution in [-0.2, 0) is 4.74 Å². The summed E-state index contributed by atoms with van der Waals surface area (Å²) >= 11 is 0. The number of nitrogens with zero attached hydrogens (tertiary/aromatic N) is 1. The fourth-order valence-electron chi connectivity index (χ4n) is 1.89. The zero-order valence-corrected chi connectivity index (χ0v) is 11.0. The molecular formula is C12H23FN2O2. The Morgan fingerprint density at radius 3 is 2.65 bits per heavy atom. The van der Waals surface area contributed by atoms with Gasteiger partial charge >= 0.3 is 6.09 Å². The van der Waals surface area contributed by atoms with Crippen molar-refractivity contribution in [2.24, 2.45) is 5.73 Å². The Morgan fingerprint density at radius 2 is 2.12 bits per heavy atom. The maximum Gasteiger partial charge on any atom is 0.410 e. The Hall–Kier alpha value is -0.840. The Kier molecular flexibility index (Phi) is 4.36. The van der Waals surface area contributed by atoms with E-state index < -0.39 is 17.4 Å². The molecule has 1 amide bonds.